The molecule has 0 aliphatic heterocycles. The van der Waals surface area contributed by atoms with Gasteiger partial charge in [0.25, 0.3) is 0 Å². The summed E-state index contributed by atoms with van der Waals surface area (Å²) in [5, 5.41) is 0. The van der Waals surface area contributed by atoms with E-state index in [4.69, 9.17) is 0 Å². The Bertz CT molecular complexity index is 152. The van der Waals surface area contributed by atoms with Crippen molar-refractivity contribution < 1.29 is 4.39 Å². The standard InChI is InChI=1S/C9H15F/c1-5-8(4)6-9(10)7(2)3/h5-7H,1-4H3. The highest BCUT2D eigenvalue weighted by molar-refractivity contribution is 5.18. The van der Waals surface area contributed by atoms with Crippen LogP contribution < -0.4 is 0 Å². The van der Waals surface area contributed by atoms with Crippen LogP contribution in [0.4, 0.5) is 4.39 Å². The molecule has 0 aliphatic carbocycles. The highest BCUT2D eigenvalue weighted by Crippen LogP contribution is 2.12. The molecule has 58 valence electrons. The Hall–Kier alpha value is -0.590. The number of rotatable bonds is 2. The molecule has 10 heavy (non-hydrogen) atoms. The van der Waals surface area contributed by atoms with E-state index in [1.54, 1.807) is 6.08 Å². The summed E-state index contributed by atoms with van der Waals surface area (Å²) >= 11 is 0. The predicted molar refractivity (Wildman–Crippen MR) is 43.5 cm³/mol. The van der Waals surface area contributed by atoms with E-state index < -0.39 is 0 Å². The minimum atomic E-state index is -0.0457. The summed E-state index contributed by atoms with van der Waals surface area (Å²) in [6.07, 6.45) is 3.46. The van der Waals surface area contributed by atoms with Crippen LogP contribution in [-0.2, 0) is 0 Å². The highest BCUT2D eigenvalue weighted by Gasteiger charge is 1.99. The lowest BCUT2D eigenvalue weighted by atomic mass is 10.1. The summed E-state index contributed by atoms with van der Waals surface area (Å²) in [5.74, 6) is -0.0366. The van der Waals surface area contributed by atoms with Crippen LogP contribution in [0.1, 0.15) is 27.7 Å². The van der Waals surface area contributed by atoms with Gasteiger partial charge >= 0.3 is 0 Å². The minimum absolute atomic E-state index is 0.00917. The first-order chi connectivity index (χ1) is 4.57. The molecular weight excluding hydrogens is 127 g/mol. The maximum atomic E-state index is 12.8. The van der Waals surface area contributed by atoms with E-state index >= 15 is 0 Å². The van der Waals surface area contributed by atoms with Gasteiger partial charge in [0.05, 0.1) is 0 Å². The first-order valence-electron chi connectivity index (χ1n) is 3.58. The van der Waals surface area contributed by atoms with Crippen LogP contribution in [0.25, 0.3) is 0 Å². The van der Waals surface area contributed by atoms with Crippen molar-refractivity contribution >= 4 is 0 Å². The molecule has 0 amide bonds. The van der Waals surface area contributed by atoms with Gasteiger partial charge in [0.15, 0.2) is 0 Å². The van der Waals surface area contributed by atoms with Crippen molar-refractivity contribution in [3.8, 4) is 0 Å². The summed E-state index contributed by atoms with van der Waals surface area (Å²) < 4.78 is 12.8. The number of allylic oxidation sites excluding steroid dienone is 4. The molecular formula is C9H15F. The average molecular weight is 142 g/mol. The van der Waals surface area contributed by atoms with Gasteiger partial charge in [-0.15, -0.1) is 0 Å². The van der Waals surface area contributed by atoms with E-state index in [1.165, 1.54) is 0 Å². The molecule has 0 saturated heterocycles. The molecule has 0 heterocycles. The van der Waals surface area contributed by atoms with Gasteiger partial charge in [-0.05, 0) is 19.9 Å². The van der Waals surface area contributed by atoms with Gasteiger partial charge in [-0.1, -0.05) is 25.5 Å². The zero-order valence-corrected chi connectivity index (χ0v) is 7.11. The molecule has 0 spiro atoms. The van der Waals surface area contributed by atoms with Gasteiger partial charge in [0.2, 0.25) is 0 Å². The van der Waals surface area contributed by atoms with E-state index in [-0.39, 0.29) is 11.7 Å². The van der Waals surface area contributed by atoms with Gasteiger partial charge in [0.1, 0.15) is 5.83 Å². The van der Waals surface area contributed by atoms with Crippen LogP contribution >= 0.6 is 0 Å². The maximum absolute atomic E-state index is 12.8. The molecule has 0 saturated carbocycles. The second kappa shape index (κ2) is 4.26. The van der Waals surface area contributed by atoms with Crippen molar-refractivity contribution in [2.75, 3.05) is 0 Å². The van der Waals surface area contributed by atoms with E-state index in [9.17, 15) is 4.39 Å². The third-order valence-electron chi connectivity index (χ3n) is 1.37. The summed E-state index contributed by atoms with van der Waals surface area (Å²) in [4.78, 5) is 0. The fourth-order valence-electron chi connectivity index (χ4n) is 0.467. The topological polar surface area (TPSA) is 0 Å². The van der Waals surface area contributed by atoms with Crippen molar-refractivity contribution in [2.45, 2.75) is 27.7 Å². The third kappa shape index (κ3) is 3.44. The molecule has 0 unspecified atom stereocenters. The van der Waals surface area contributed by atoms with Crippen LogP contribution in [-0.4, -0.2) is 0 Å². The lowest BCUT2D eigenvalue weighted by Crippen LogP contribution is -1.86. The maximum Gasteiger partial charge on any atom is 0.103 e. The highest BCUT2D eigenvalue weighted by atomic mass is 19.1. The van der Waals surface area contributed by atoms with Crippen LogP contribution in [0.15, 0.2) is 23.6 Å². The van der Waals surface area contributed by atoms with E-state index in [0.29, 0.717) is 0 Å². The molecule has 0 aliphatic rings. The quantitative estimate of drug-likeness (QED) is 0.518. The van der Waals surface area contributed by atoms with Crippen LogP contribution in [0.5, 0.6) is 0 Å². The first kappa shape index (κ1) is 9.41. The molecule has 0 N–H and O–H groups in total. The Morgan fingerprint density at radius 1 is 1.40 bits per heavy atom. The average Bonchev–Trinajstić information content (AvgIpc) is 1.87. The molecule has 0 atom stereocenters. The van der Waals surface area contributed by atoms with Gasteiger partial charge in [-0.3, -0.25) is 0 Å². The Kier molecular flexibility index (Phi) is 4.01. The smallest absolute Gasteiger partial charge is 0.103 e. The number of hydrogen-bond donors (Lipinski definition) is 0. The molecule has 0 aromatic rings. The molecule has 0 nitrogen and oxygen atoms in total. The molecule has 1 heteroatoms. The molecule has 0 fully saturated rings. The van der Waals surface area contributed by atoms with Crippen LogP contribution in [0.3, 0.4) is 0 Å². The summed E-state index contributed by atoms with van der Waals surface area (Å²) in [6, 6.07) is 0. The van der Waals surface area contributed by atoms with Crippen molar-refractivity contribution in [1.29, 1.82) is 0 Å². The van der Waals surface area contributed by atoms with Crippen LogP contribution in [0, 0.1) is 5.92 Å². The molecule has 0 radical (unpaired) electrons. The Morgan fingerprint density at radius 3 is 2.20 bits per heavy atom. The Labute approximate surface area is 62.4 Å². The first-order valence-corrected chi connectivity index (χ1v) is 3.58. The van der Waals surface area contributed by atoms with Gasteiger partial charge in [-0.25, -0.2) is 4.39 Å². The second-order valence-electron chi connectivity index (χ2n) is 2.72. The third-order valence-corrected chi connectivity index (χ3v) is 1.37. The van der Waals surface area contributed by atoms with Crippen molar-refractivity contribution in [1.82, 2.24) is 0 Å². The SMILES string of the molecule is CC=C(C)C=C(F)C(C)C. The zero-order chi connectivity index (χ0) is 8.15. The summed E-state index contributed by atoms with van der Waals surface area (Å²) in [6.45, 7) is 7.48. The fraction of sp³-hybridized carbons (Fsp3) is 0.556. The second-order valence-corrected chi connectivity index (χ2v) is 2.72. The Balaban J connectivity index is 4.17. The largest absolute Gasteiger partial charge is 0.212 e. The van der Waals surface area contributed by atoms with Crippen molar-refractivity contribution in [3.05, 3.63) is 23.6 Å². The number of hydrogen-bond acceptors (Lipinski definition) is 0. The van der Waals surface area contributed by atoms with E-state index in [0.717, 1.165) is 5.57 Å². The lowest BCUT2D eigenvalue weighted by Gasteiger charge is -1.99. The summed E-state index contributed by atoms with van der Waals surface area (Å²) in [7, 11) is 0. The molecule has 0 aromatic heterocycles. The van der Waals surface area contributed by atoms with Crippen LogP contribution in [0.2, 0.25) is 0 Å². The van der Waals surface area contributed by atoms with E-state index in [1.807, 2.05) is 33.8 Å². The van der Waals surface area contributed by atoms with Gasteiger partial charge in [0, 0.05) is 5.92 Å². The predicted octanol–water partition coefficient (Wildman–Crippen LogP) is 3.46. The van der Waals surface area contributed by atoms with Crippen molar-refractivity contribution in [3.63, 3.8) is 0 Å². The molecule has 0 bridgehead atoms. The Morgan fingerprint density at radius 2 is 1.90 bits per heavy atom. The van der Waals surface area contributed by atoms with E-state index in [2.05, 4.69) is 0 Å². The molecule has 0 aromatic carbocycles. The van der Waals surface area contributed by atoms with Crippen molar-refractivity contribution in [2.24, 2.45) is 5.92 Å². The monoisotopic (exact) mass is 142 g/mol. The normalized spacial score (nSPS) is 14.6. The van der Waals surface area contributed by atoms with Gasteiger partial charge in [-0.2, -0.15) is 0 Å². The molecule has 0 rings (SSSR count). The zero-order valence-electron chi connectivity index (χ0n) is 7.11. The van der Waals surface area contributed by atoms with Gasteiger partial charge < -0.3 is 0 Å². The minimum Gasteiger partial charge on any atom is -0.212 e. The lowest BCUT2D eigenvalue weighted by molar-refractivity contribution is 0.519. The summed E-state index contributed by atoms with van der Waals surface area (Å²) in [5.41, 5.74) is 0.978. The fourth-order valence-corrected chi connectivity index (χ4v) is 0.467. The number of halogens is 1.